The highest BCUT2D eigenvalue weighted by Gasteiger charge is 2.15. The fourth-order valence-electron chi connectivity index (χ4n) is 2.87. The van der Waals surface area contributed by atoms with E-state index in [-0.39, 0.29) is 24.4 Å². The van der Waals surface area contributed by atoms with Crippen molar-refractivity contribution in [3.05, 3.63) is 65.9 Å². The number of carbonyl (C=O) groups excluding carboxylic acids is 2. The number of anilines is 1. The van der Waals surface area contributed by atoms with Crippen molar-refractivity contribution in [1.82, 2.24) is 30.2 Å². The summed E-state index contributed by atoms with van der Waals surface area (Å²) in [6.07, 6.45) is 3.32. The van der Waals surface area contributed by atoms with Crippen LogP contribution in [0.3, 0.4) is 0 Å². The van der Waals surface area contributed by atoms with Crippen molar-refractivity contribution in [2.45, 2.75) is 13.5 Å². The normalized spacial score (nSPS) is 10.7. The molecule has 152 valence electrons. The Morgan fingerprint density at radius 1 is 1.20 bits per heavy atom. The van der Waals surface area contributed by atoms with E-state index < -0.39 is 0 Å². The number of urea groups is 1. The number of aryl methyl sites for hydroxylation is 1. The summed E-state index contributed by atoms with van der Waals surface area (Å²) in [6.45, 7) is 2.00. The zero-order valence-electron chi connectivity index (χ0n) is 16.3. The van der Waals surface area contributed by atoms with Crippen LogP contribution in [0.5, 0.6) is 0 Å². The molecule has 4 rings (SSSR count). The lowest BCUT2D eigenvalue weighted by Crippen LogP contribution is -2.32. The maximum absolute atomic E-state index is 12.8. The first kappa shape index (κ1) is 19.1. The number of carbonyl (C=O) groups is 2. The zero-order valence-corrected chi connectivity index (χ0v) is 16.3. The Balaban J connectivity index is 1.54. The molecule has 3 N–H and O–H groups in total. The van der Waals surface area contributed by atoms with E-state index in [0.717, 1.165) is 5.56 Å². The van der Waals surface area contributed by atoms with E-state index in [4.69, 9.17) is 4.52 Å². The molecule has 0 bridgehead atoms. The second kappa shape index (κ2) is 8.03. The summed E-state index contributed by atoms with van der Waals surface area (Å²) >= 11 is 0. The Morgan fingerprint density at radius 3 is 2.90 bits per heavy atom. The predicted octanol–water partition coefficient (Wildman–Crippen LogP) is 2.37. The lowest BCUT2D eigenvalue weighted by atomic mass is 10.1. The van der Waals surface area contributed by atoms with Crippen molar-refractivity contribution >= 4 is 23.3 Å². The van der Waals surface area contributed by atoms with Crippen LogP contribution in [0.2, 0.25) is 0 Å². The highest BCUT2D eigenvalue weighted by Crippen LogP contribution is 2.24. The van der Waals surface area contributed by atoms with E-state index in [0.29, 0.717) is 28.4 Å². The van der Waals surface area contributed by atoms with E-state index in [2.05, 4.69) is 31.1 Å². The maximum atomic E-state index is 12.8. The minimum absolute atomic E-state index is 0.108. The van der Waals surface area contributed by atoms with Gasteiger partial charge in [-0.2, -0.15) is 4.98 Å². The number of pyridine rings is 1. The third-order valence-electron chi connectivity index (χ3n) is 4.49. The number of imidazole rings is 1. The first-order chi connectivity index (χ1) is 14.5. The van der Waals surface area contributed by atoms with Crippen molar-refractivity contribution in [2.75, 3.05) is 12.4 Å². The van der Waals surface area contributed by atoms with Crippen molar-refractivity contribution < 1.29 is 14.1 Å². The second-order valence-corrected chi connectivity index (χ2v) is 6.50. The number of benzene rings is 1. The molecule has 0 spiro atoms. The zero-order chi connectivity index (χ0) is 21.1. The predicted molar refractivity (Wildman–Crippen MR) is 109 cm³/mol. The quantitative estimate of drug-likeness (QED) is 0.468. The fourth-order valence-corrected chi connectivity index (χ4v) is 2.87. The summed E-state index contributed by atoms with van der Waals surface area (Å²) in [5.74, 6) is 0.344. The van der Waals surface area contributed by atoms with Gasteiger partial charge in [-0.15, -0.1) is 0 Å². The van der Waals surface area contributed by atoms with Crippen LogP contribution < -0.4 is 16.0 Å². The number of nitrogens with zero attached hydrogens (tertiary/aromatic N) is 4. The minimum atomic E-state index is -0.345. The van der Waals surface area contributed by atoms with Gasteiger partial charge in [0.1, 0.15) is 11.3 Å². The van der Waals surface area contributed by atoms with Crippen LogP contribution in [0.15, 0.2) is 53.3 Å². The van der Waals surface area contributed by atoms with Crippen molar-refractivity contribution in [2.24, 2.45) is 0 Å². The topological polar surface area (TPSA) is 126 Å². The smallest absolute Gasteiger partial charge is 0.314 e. The molecule has 10 heteroatoms. The molecule has 30 heavy (non-hydrogen) atoms. The summed E-state index contributed by atoms with van der Waals surface area (Å²) in [5, 5.41) is 11.9. The molecule has 4 aromatic rings. The minimum Gasteiger partial charge on any atom is -0.341 e. The standard InChI is InChI=1S/C20H19N7O3/c1-12-6-7-13(18-25-17(30-26-18)11-23-20(29)21-2)9-14(12)24-19(28)15-10-22-16-5-3-4-8-27(15)16/h3-10H,11H2,1-2H3,(H,24,28)(H2,21,23,29). The van der Waals surface area contributed by atoms with E-state index >= 15 is 0 Å². The molecule has 0 aliphatic carbocycles. The number of nitrogens with one attached hydrogen (secondary N) is 3. The van der Waals surface area contributed by atoms with Crippen LogP contribution in [-0.2, 0) is 6.54 Å². The molecule has 0 radical (unpaired) electrons. The molecule has 0 aliphatic rings. The molecule has 0 unspecified atom stereocenters. The molecule has 10 nitrogen and oxygen atoms in total. The molecular weight excluding hydrogens is 386 g/mol. The first-order valence-corrected chi connectivity index (χ1v) is 9.18. The van der Waals surface area contributed by atoms with Gasteiger partial charge in [-0.3, -0.25) is 9.20 Å². The Kier molecular flexibility index (Phi) is 5.12. The molecular formula is C20H19N7O3. The number of fused-ring (bicyclic) bond motifs is 1. The van der Waals surface area contributed by atoms with Gasteiger partial charge in [-0.25, -0.2) is 9.78 Å². The van der Waals surface area contributed by atoms with E-state index in [1.54, 1.807) is 16.7 Å². The van der Waals surface area contributed by atoms with Gasteiger partial charge in [-0.1, -0.05) is 23.4 Å². The number of hydrogen-bond donors (Lipinski definition) is 3. The number of aromatic nitrogens is 4. The lowest BCUT2D eigenvalue weighted by molar-refractivity contribution is 0.102. The van der Waals surface area contributed by atoms with Gasteiger partial charge in [0.15, 0.2) is 0 Å². The lowest BCUT2D eigenvalue weighted by Gasteiger charge is -2.09. The van der Waals surface area contributed by atoms with Crippen LogP contribution in [0.1, 0.15) is 21.9 Å². The van der Waals surface area contributed by atoms with Gasteiger partial charge in [0.2, 0.25) is 11.7 Å². The monoisotopic (exact) mass is 405 g/mol. The average molecular weight is 405 g/mol. The van der Waals surface area contributed by atoms with Crippen LogP contribution in [-0.4, -0.2) is 38.5 Å². The van der Waals surface area contributed by atoms with Crippen molar-refractivity contribution in [1.29, 1.82) is 0 Å². The molecule has 3 aromatic heterocycles. The number of amides is 3. The van der Waals surface area contributed by atoms with Crippen molar-refractivity contribution in [3.63, 3.8) is 0 Å². The largest absolute Gasteiger partial charge is 0.341 e. The van der Waals surface area contributed by atoms with Gasteiger partial charge < -0.3 is 20.5 Å². The molecule has 0 saturated carbocycles. The Labute approximate surface area is 171 Å². The Bertz CT molecular complexity index is 1230. The van der Waals surface area contributed by atoms with Gasteiger partial charge in [0.05, 0.1) is 12.7 Å². The third-order valence-corrected chi connectivity index (χ3v) is 4.49. The third kappa shape index (κ3) is 3.83. The highest BCUT2D eigenvalue weighted by molar-refractivity contribution is 6.04. The van der Waals surface area contributed by atoms with Gasteiger partial charge in [0.25, 0.3) is 5.91 Å². The van der Waals surface area contributed by atoms with E-state index in [9.17, 15) is 9.59 Å². The van der Waals surface area contributed by atoms with E-state index in [1.165, 1.54) is 13.2 Å². The fraction of sp³-hybridized carbons (Fsp3) is 0.150. The summed E-state index contributed by atoms with van der Waals surface area (Å²) in [6, 6.07) is 10.7. The summed E-state index contributed by atoms with van der Waals surface area (Å²) < 4.78 is 6.89. The van der Waals surface area contributed by atoms with Gasteiger partial charge in [-0.05, 0) is 30.7 Å². The molecule has 0 saturated heterocycles. The van der Waals surface area contributed by atoms with Crippen LogP contribution in [0.25, 0.3) is 17.0 Å². The Hall–Kier alpha value is -4.21. The van der Waals surface area contributed by atoms with Gasteiger partial charge >= 0.3 is 6.03 Å². The SMILES string of the molecule is CNC(=O)NCc1nc(-c2ccc(C)c(NC(=O)c3cnc4ccccn34)c2)no1. The van der Waals surface area contributed by atoms with Gasteiger partial charge in [0, 0.05) is 24.5 Å². The van der Waals surface area contributed by atoms with Crippen LogP contribution in [0, 0.1) is 6.92 Å². The van der Waals surface area contributed by atoms with Crippen LogP contribution in [0.4, 0.5) is 10.5 Å². The maximum Gasteiger partial charge on any atom is 0.314 e. The van der Waals surface area contributed by atoms with Crippen molar-refractivity contribution in [3.8, 4) is 11.4 Å². The molecule has 3 amide bonds. The summed E-state index contributed by atoms with van der Waals surface area (Å²) in [5.41, 5.74) is 3.29. The Morgan fingerprint density at radius 2 is 2.07 bits per heavy atom. The molecule has 3 heterocycles. The number of rotatable bonds is 5. The second-order valence-electron chi connectivity index (χ2n) is 6.50. The molecule has 0 fully saturated rings. The number of hydrogen-bond acceptors (Lipinski definition) is 6. The highest BCUT2D eigenvalue weighted by atomic mass is 16.5. The average Bonchev–Trinajstić information content (AvgIpc) is 3.40. The molecule has 0 atom stereocenters. The van der Waals surface area contributed by atoms with Crippen LogP contribution >= 0.6 is 0 Å². The summed E-state index contributed by atoms with van der Waals surface area (Å²) in [7, 11) is 1.52. The first-order valence-electron chi connectivity index (χ1n) is 9.18. The summed E-state index contributed by atoms with van der Waals surface area (Å²) in [4.78, 5) is 32.6. The molecule has 0 aliphatic heterocycles. The van der Waals surface area contributed by atoms with E-state index in [1.807, 2.05) is 37.3 Å². The molecule has 1 aromatic carbocycles.